The fourth-order valence-corrected chi connectivity index (χ4v) is 3.01. The summed E-state index contributed by atoms with van der Waals surface area (Å²) in [6, 6.07) is 19.2. The fourth-order valence-electron chi connectivity index (χ4n) is 2.52. The Labute approximate surface area is 142 Å². The molecule has 0 spiro atoms. The van der Waals surface area contributed by atoms with Crippen LogP contribution in [-0.2, 0) is 0 Å². The number of fused-ring (bicyclic) bond motifs is 1. The van der Waals surface area contributed by atoms with Gasteiger partial charge in [-0.25, -0.2) is 0 Å². The second-order valence-corrected chi connectivity index (χ2v) is 5.91. The second-order valence-electron chi connectivity index (χ2n) is 5.06. The predicted molar refractivity (Wildman–Crippen MR) is 92.7 cm³/mol. The topological polar surface area (TPSA) is 38.9 Å². The molecular weight excluding hydrogens is 331 g/mol. The number of benzene rings is 3. The summed E-state index contributed by atoms with van der Waals surface area (Å²) in [4.78, 5) is 0. The first-order valence-electron chi connectivity index (χ1n) is 6.99. The number of rotatable bonds is 2. The summed E-state index contributed by atoms with van der Waals surface area (Å²) in [6.45, 7) is 0. The monoisotopic (exact) mass is 340 g/mol. The van der Waals surface area contributed by atoms with Gasteiger partial charge in [-0.1, -0.05) is 59.6 Å². The van der Waals surface area contributed by atoms with Gasteiger partial charge in [-0.05, 0) is 35.0 Å². The van der Waals surface area contributed by atoms with Crippen LogP contribution < -0.4 is 0 Å². The smallest absolute Gasteiger partial charge is 0.249 e. The van der Waals surface area contributed by atoms with Crippen molar-refractivity contribution in [3.05, 3.63) is 70.7 Å². The van der Waals surface area contributed by atoms with Gasteiger partial charge < -0.3 is 4.42 Å². The lowest BCUT2D eigenvalue weighted by atomic mass is 10.0. The van der Waals surface area contributed by atoms with E-state index in [-0.39, 0.29) is 0 Å². The summed E-state index contributed by atoms with van der Waals surface area (Å²) < 4.78 is 5.83. The average Bonchev–Trinajstić information content (AvgIpc) is 3.04. The van der Waals surface area contributed by atoms with E-state index in [4.69, 9.17) is 27.6 Å². The summed E-state index contributed by atoms with van der Waals surface area (Å²) in [5.74, 6) is 0.831. The minimum atomic E-state index is 0.370. The minimum Gasteiger partial charge on any atom is -0.416 e. The molecule has 4 aromatic rings. The van der Waals surface area contributed by atoms with Gasteiger partial charge >= 0.3 is 0 Å². The maximum atomic E-state index is 6.20. The van der Waals surface area contributed by atoms with Crippen LogP contribution in [0.5, 0.6) is 0 Å². The van der Waals surface area contributed by atoms with Crippen LogP contribution in [0.2, 0.25) is 10.0 Å². The molecule has 112 valence electrons. The normalized spacial score (nSPS) is 11.0. The van der Waals surface area contributed by atoms with E-state index in [9.17, 15) is 0 Å². The highest BCUT2D eigenvalue weighted by Crippen LogP contribution is 2.33. The van der Waals surface area contributed by atoms with Gasteiger partial charge in [-0.15, -0.1) is 10.2 Å². The van der Waals surface area contributed by atoms with Crippen molar-refractivity contribution in [2.75, 3.05) is 0 Å². The predicted octanol–water partition coefficient (Wildman–Crippen LogP) is 5.86. The Morgan fingerprint density at radius 3 is 2.30 bits per heavy atom. The molecule has 0 atom stereocenters. The molecule has 3 nitrogen and oxygen atoms in total. The molecule has 0 aliphatic rings. The molecule has 0 saturated heterocycles. The second kappa shape index (κ2) is 5.69. The molecule has 4 rings (SSSR count). The van der Waals surface area contributed by atoms with E-state index >= 15 is 0 Å². The molecule has 0 fully saturated rings. The summed E-state index contributed by atoms with van der Waals surface area (Å²) in [6.07, 6.45) is 0. The van der Waals surface area contributed by atoms with Crippen LogP contribution >= 0.6 is 23.2 Å². The van der Waals surface area contributed by atoms with Crippen LogP contribution in [0.4, 0.5) is 0 Å². The Morgan fingerprint density at radius 2 is 1.48 bits per heavy atom. The van der Waals surface area contributed by atoms with Crippen molar-refractivity contribution in [2.45, 2.75) is 0 Å². The van der Waals surface area contributed by atoms with E-state index < -0.39 is 0 Å². The zero-order chi connectivity index (χ0) is 15.8. The standard InChI is InChI=1S/C18H10Cl2N2O/c19-12-8-9-15(16(20)10-12)18-22-21-17(23-18)14-7-3-5-11-4-1-2-6-13(11)14/h1-10H. The Hall–Kier alpha value is -2.36. The summed E-state index contributed by atoms with van der Waals surface area (Å²) in [5.41, 5.74) is 1.56. The number of nitrogens with zero attached hydrogens (tertiary/aromatic N) is 2. The lowest BCUT2D eigenvalue weighted by Gasteiger charge is -2.02. The molecule has 1 heterocycles. The zero-order valence-corrected chi connectivity index (χ0v) is 13.3. The molecule has 0 bridgehead atoms. The first kappa shape index (κ1) is 14.2. The Morgan fingerprint density at radius 1 is 0.739 bits per heavy atom. The van der Waals surface area contributed by atoms with Gasteiger partial charge in [0.05, 0.1) is 10.6 Å². The number of hydrogen-bond acceptors (Lipinski definition) is 3. The maximum absolute atomic E-state index is 6.20. The van der Waals surface area contributed by atoms with E-state index in [1.54, 1.807) is 18.2 Å². The van der Waals surface area contributed by atoms with Crippen molar-refractivity contribution in [2.24, 2.45) is 0 Å². The SMILES string of the molecule is Clc1ccc(-c2nnc(-c3cccc4ccccc34)o2)c(Cl)c1. The van der Waals surface area contributed by atoms with Crippen molar-refractivity contribution in [3.8, 4) is 22.9 Å². The lowest BCUT2D eigenvalue weighted by molar-refractivity contribution is 0.585. The Kier molecular flexibility index (Phi) is 3.52. The third kappa shape index (κ3) is 2.58. The third-order valence-corrected chi connectivity index (χ3v) is 4.15. The first-order chi connectivity index (χ1) is 11.2. The number of hydrogen-bond donors (Lipinski definition) is 0. The highest BCUT2D eigenvalue weighted by Gasteiger charge is 2.15. The quantitative estimate of drug-likeness (QED) is 0.458. The molecule has 0 amide bonds. The number of halogens is 2. The molecule has 0 saturated carbocycles. The van der Waals surface area contributed by atoms with Crippen molar-refractivity contribution < 1.29 is 4.42 Å². The molecule has 1 aromatic heterocycles. The van der Waals surface area contributed by atoms with Gasteiger partial charge in [0, 0.05) is 10.6 Å². The largest absolute Gasteiger partial charge is 0.416 e. The van der Waals surface area contributed by atoms with Gasteiger partial charge in [-0.2, -0.15) is 0 Å². The Balaban J connectivity index is 1.84. The van der Waals surface area contributed by atoms with Crippen LogP contribution in [0.15, 0.2) is 65.1 Å². The first-order valence-corrected chi connectivity index (χ1v) is 7.75. The molecule has 0 aliphatic carbocycles. The van der Waals surface area contributed by atoms with Crippen LogP contribution in [0.1, 0.15) is 0 Å². The number of aromatic nitrogens is 2. The van der Waals surface area contributed by atoms with E-state index in [1.807, 2.05) is 42.5 Å². The van der Waals surface area contributed by atoms with Crippen LogP contribution in [-0.4, -0.2) is 10.2 Å². The molecule has 0 N–H and O–H groups in total. The highest BCUT2D eigenvalue weighted by atomic mass is 35.5. The molecule has 5 heteroatoms. The van der Waals surface area contributed by atoms with Gasteiger partial charge in [0.2, 0.25) is 11.8 Å². The summed E-state index contributed by atoms with van der Waals surface area (Å²) in [5, 5.41) is 11.5. The van der Waals surface area contributed by atoms with Crippen molar-refractivity contribution in [1.29, 1.82) is 0 Å². The van der Waals surface area contributed by atoms with Gasteiger partial charge in [0.1, 0.15) is 0 Å². The average molecular weight is 341 g/mol. The van der Waals surface area contributed by atoms with Crippen LogP contribution in [0.25, 0.3) is 33.7 Å². The molecular formula is C18H10Cl2N2O. The third-order valence-electron chi connectivity index (χ3n) is 3.61. The maximum Gasteiger partial charge on any atom is 0.249 e. The highest BCUT2D eigenvalue weighted by molar-refractivity contribution is 6.36. The minimum absolute atomic E-state index is 0.370. The molecule has 0 unspecified atom stereocenters. The summed E-state index contributed by atoms with van der Waals surface area (Å²) >= 11 is 12.1. The van der Waals surface area contributed by atoms with Crippen LogP contribution in [0, 0.1) is 0 Å². The lowest BCUT2D eigenvalue weighted by Crippen LogP contribution is -1.81. The fraction of sp³-hybridized carbons (Fsp3) is 0. The molecule has 0 aliphatic heterocycles. The van der Waals surface area contributed by atoms with Gasteiger partial charge in [0.15, 0.2) is 0 Å². The van der Waals surface area contributed by atoms with E-state index in [1.165, 1.54) is 0 Å². The van der Waals surface area contributed by atoms with E-state index in [0.29, 0.717) is 27.4 Å². The van der Waals surface area contributed by atoms with Crippen molar-refractivity contribution in [3.63, 3.8) is 0 Å². The van der Waals surface area contributed by atoms with E-state index in [2.05, 4.69) is 10.2 Å². The van der Waals surface area contributed by atoms with Gasteiger partial charge in [0.25, 0.3) is 0 Å². The van der Waals surface area contributed by atoms with Crippen LogP contribution in [0.3, 0.4) is 0 Å². The Bertz CT molecular complexity index is 1010. The van der Waals surface area contributed by atoms with Gasteiger partial charge in [-0.3, -0.25) is 0 Å². The van der Waals surface area contributed by atoms with Crippen molar-refractivity contribution >= 4 is 34.0 Å². The van der Waals surface area contributed by atoms with Crippen molar-refractivity contribution in [1.82, 2.24) is 10.2 Å². The molecule has 23 heavy (non-hydrogen) atoms. The molecule has 0 radical (unpaired) electrons. The zero-order valence-electron chi connectivity index (χ0n) is 11.8. The molecule has 3 aromatic carbocycles. The summed E-state index contributed by atoms with van der Waals surface area (Å²) in [7, 11) is 0. The van der Waals surface area contributed by atoms with E-state index in [0.717, 1.165) is 16.3 Å².